The summed E-state index contributed by atoms with van der Waals surface area (Å²) in [5.41, 5.74) is 15.6. The topological polar surface area (TPSA) is 248 Å². The Morgan fingerprint density at radius 1 is 1.03 bits per heavy atom. The second-order valence-corrected chi connectivity index (χ2v) is 7.11. The summed E-state index contributed by atoms with van der Waals surface area (Å²) >= 11 is 0. The second kappa shape index (κ2) is 11.8. The van der Waals surface area contributed by atoms with E-state index in [0.29, 0.717) is 6.42 Å². The Balaban J connectivity index is 2.90. The van der Waals surface area contributed by atoms with Crippen LogP contribution in [0.3, 0.4) is 0 Å². The first-order valence-electron chi connectivity index (χ1n) is 9.55. The number of aliphatic hydroxyl groups is 1. The number of likely N-dealkylation sites (tertiary alicyclic amines) is 1. The summed E-state index contributed by atoms with van der Waals surface area (Å²) in [5.74, 6) is -5.56. The molecule has 4 atom stereocenters. The van der Waals surface area contributed by atoms with Crippen LogP contribution >= 0.6 is 0 Å². The molecule has 1 aliphatic rings. The number of nitrogens with zero attached hydrogens (tertiary/aromatic N) is 1. The van der Waals surface area contributed by atoms with Crippen LogP contribution in [0.4, 0.5) is 0 Å². The maximum absolute atomic E-state index is 12.7. The van der Waals surface area contributed by atoms with Crippen molar-refractivity contribution in [3.05, 3.63) is 0 Å². The SMILES string of the molecule is NC(=O)CC[C@H](NC(=O)[C@H](CC(N)=O)NC(=O)[C@@H]1CCCN1C(=O)[C@@H](N)CO)C(=O)O. The zero-order valence-electron chi connectivity index (χ0n) is 16.8. The Kier molecular flexibility index (Phi) is 9.82. The third-order valence-electron chi connectivity index (χ3n) is 4.68. The molecule has 5 amide bonds. The Morgan fingerprint density at radius 2 is 1.68 bits per heavy atom. The predicted molar refractivity (Wildman–Crippen MR) is 104 cm³/mol. The molecule has 0 aliphatic carbocycles. The monoisotopic (exact) mass is 444 g/mol. The molecule has 1 heterocycles. The normalized spacial score (nSPS) is 18.5. The number of hydrogen-bond acceptors (Lipinski definition) is 8. The van der Waals surface area contributed by atoms with Gasteiger partial charge >= 0.3 is 5.97 Å². The number of nitrogens with one attached hydrogen (secondary N) is 2. The van der Waals surface area contributed by atoms with Crippen LogP contribution in [0.25, 0.3) is 0 Å². The van der Waals surface area contributed by atoms with E-state index in [4.69, 9.17) is 22.3 Å². The summed E-state index contributed by atoms with van der Waals surface area (Å²) in [6.45, 7) is -0.399. The minimum absolute atomic E-state index is 0.214. The zero-order valence-corrected chi connectivity index (χ0v) is 16.8. The highest BCUT2D eigenvalue weighted by atomic mass is 16.4. The Morgan fingerprint density at radius 3 is 2.19 bits per heavy atom. The number of carbonyl (C=O) groups is 6. The van der Waals surface area contributed by atoms with Gasteiger partial charge in [0.1, 0.15) is 24.2 Å². The molecule has 10 N–H and O–H groups in total. The number of carboxylic acid groups (broad SMARTS) is 1. The summed E-state index contributed by atoms with van der Waals surface area (Å²) in [5, 5.41) is 22.7. The minimum Gasteiger partial charge on any atom is -0.480 e. The molecule has 0 bridgehead atoms. The quantitative estimate of drug-likeness (QED) is 0.153. The molecule has 174 valence electrons. The molecule has 1 aliphatic heterocycles. The van der Waals surface area contributed by atoms with Gasteiger partial charge in [-0.1, -0.05) is 0 Å². The lowest BCUT2D eigenvalue weighted by Gasteiger charge is -2.28. The van der Waals surface area contributed by atoms with Crippen molar-refractivity contribution in [3.8, 4) is 0 Å². The molecular formula is C17H28N6O8. The first-order valence-corrected chi connectivity index (χ1v) is 9.55. The van der Waals surface area contributed by atoms with Crippen LogP contribution in [0.15, 0.2) is 0 Å². The van der Waals surface area contributed by atoms with E-state index in [9.17, 15) is 33.9 Å². The number of rotatable bonds is 12. The van der Waals surface area contributed by atoms with E-state index in [1.807, 2.05) is 0 Å². The molecule has 14 heteroatoms. The van der Waals surface area contributed by atoms with Crippen LogP contribution in [0.2, 0.25) is 0 Å². The van der Waals surface area contributed by atoms with E-state index in [0.717, 1.165) is 0 Å². The van der Waals surface area contributed by atoms with Gasteiger partial charge in [-0.2, -0.15) is 0 Å². The number of carbonyl (C=O) groups excluding carboxylic acids is 5. The molecule has 0 saturated carbocycles. The summed E-state index contributed by atoms with van der Waals surface area (Å²) in [7, 11) is 0. The van der Waals surface area contributed by atoms with E-state index >= 15 is 0 Å². The van der Waals surface area contributed by atoms with E-state index in [1.54, 1.807) is 0 Å². The molecule has 0 spiro atoms. The molecular weight excluding hydrogens is 416 g/mol. The van der Waals surface area contributed by atoms with Crippen molar-refractivity contribution in [1.82, 2.24) is 15.5 Å². The standard InChI is InChI=1S/C17H28N6O8/c18-8(7-24)16(29)23-5-1-2-11(23)15(28)22-10(6-13(20)26)14(27)21-9(17(30)31)3-4-12(19)25/h8-11,24H,1-7,18H2,(H2,19,25)(H2,20,26)(H,21,27)(H,22,28)(H,30,31)/t8-,9-,10-,11-/m0/s1. The van der Waals surface area contributed by atoms with Gasteiger partial charge in [0.2, 0.25) is 29.5 Å². The highest BCUT2D eigenvalue weighted by molar-refractivity contribution is 5.96. The zero-order chi connectivity index (χ0) is 23.7. The van der Waals surface area contributed by atoms with Gasteiger partial charge in [0.15, 0.2) is 0 Å². The van der Waals surface area contributed by atoms with Crippen molar-refractivity contribution in [2.24, 2.45) is 17.2 Å². The van der Waals surface area contributed by atoms with Gasteiger partial charge in [0, 0.05) is 13.0 Å². The minimum atomic E-state index is -1.51. The van der Waals surface area contributed by atoms with Gasteiger partial charge in [-0.25, -0.2) is 4.79 Å². The van der Waals surface area contributed by atoms with Gasteiger partial charge in [-0.05, 0) is 19.3 Å². The Hall–Kier alpha value is -3.26. The molecule has 14 nitrogen and oxygen atoms in total. The molecule has 0 aromatic heterocycles. The number of nitrogens with two attached hydrogens (primary N) is 3. The summed E-state index contributed by atoms with van der Waals surface area (Å²) in [6, 6.07) is -5.19. The van der Waals surface area contributed by atoms with Crippen LogP contribution in [-0.2, 0) is 28.8 Å². The van der Waals surface area contributed by atoms with Crippen molar-refractivity contribution in [2.45, 2.75) is 56.3 Å². The van der Waals surface area contributed by atoms with Crippen molar-refractivity contribution in [1.29, 1.82) is 0 Å². The number of amides is 5. The molecule has 31 heavy (non-hydrogen) atoms. The average Bonchev–Trinajstić information content (AvgIpc) is 3.18. The van der Waals surface area contributed by atoms with Gasteiger partial charge < -0.3 is 42.9 Å². The summed E-state index contributed by atoms with van der Waals surface area (Å²) < 4.78 is 0. The van der Waals surface area contributed by atoms with Crippen molar-refractivity contribution in [3.63, 3.8) is 0 Å². The largest absolute Gasteiger partial charge is 0.480 e. The predicted octanol–water partition coefficient (Wildman–Crippen LogP) is -4.51. The molecule has 0 radical (unpaired) electrons. The lowest BCUT2D eigenvalue weighted by Crippen LogP contribution is -2.57. The van der Waals surface area contributed by atoms with Crippen molar-refractivity contribution in [2.75, 3.05) is 13.2 Å². The molecule has 1 rings (SSSR count). The first-order chi connectivity index (χ1) is 14.5. The van der Waals surface area contributed by atoms with Gasteiger partial charge in [0.05, 0.1) is 13.0 Å². The van der Waals surface area contributed by atoms with Crippen molar-refractivity contribution >= 4 is 35.5 Å². The van der Waals surface area contributed by atoms with E-state index in [-0.39, 0.29) is 25.8 Å². The maximum Gasteiger partial charge on any atom is 0.326 e. The Labute approximate surface area is 177 Å². The fourth-order valence-electron chi connectivity index (χ4n) is 3.09. The van der Waals surface area contributed by atoms with Crippen LogP contribution < -0.4 is 27.8 Å². The van der Waals surface area contributed by atoms with Gasteiger partial charge in [-0.3, -0.25) is 24.0 Å². The number of aliphatic hydroxyl groups excluding tert-OH is 1. The van der Waals surface area contributed by atoms with Gasteiger partial charge in [0.25, 0.3) is 0 Å². The molecule has 1 fully saturated rings. The first kappa shape index (κ1) is 25.8. The Bertz CT molecular complexity index is 729. The number of aliphatic carboxylic acids is 1. The highest BCUT2D eigenvalue weighted by Crippen LogP contribution is 2.18. The van der Waals surface area contributed by atoms with Crippen LogP contribution in [-0.4, -0.2) is 87.9 Å². The summed E-state index contributed by atoms with van der Waals surface area (Å²) in [6.07, 6.45) is -0.498. The van der Waals surface area contributed by atoms with Crippen LogP contribution in [0, 0.1) is 0 Å². The smallest absolute Gasteiger partial charge is 0.326 e. The third kappa shape index (κ3) is 7.82. The molecule has 0 unspecified atom stereocenters. The number of primary amides is 2. The summed E-state index contributed by atoms with van der Waals surface area (Å²) in [4.78, 5) is 72.2. The van der Waals surface area contributed by atoms with Gasteiger partial charge in [-0.15, -0.1) is 0 Å². The van der Waals surface area contributed by atoms with E-state index < -0.39 is 72.7 Å². The number of carboxylic acids is 1. The van der Waals surface area contributed by atoms with E-state index in [1.165, 1.54) is 4.90 Å². The fourth-order valence-corrected chi connectivity index (χ4v) is 3.09. The molecule has 1 saturated heterocycles. The fraction of sp³-hybridized carbons (Fsp3) is 0.647. The second-order valence-electron chi connectivity index (χ2n) is 7.11. The lowest BCUT2D eigenvalue weighted by molar-refractivity contribution is -0.143. The van der Waals surface area contributed by atoms with Crippen LogP contribution in [0.1, 0.15) is 32.1 Å². The third-order valence-corrected chi connectivity index (χ3v) is 4.68. The highest BCUT2D eigenvalue weighted by Gasteiger charge is 2.38. The number of hydrogen-bond donors (Lipinski definition) is 7. The van der Waals surface area contributed by atoms with Crippen LogP contribution in [0.5, 0.6) is 0 Å². The molecule has 0 aromatic carbocycles. The average molecular weight is 444 g/mol. The maximum atomic E-state index is 12.7. The lowest BCUT2D eigenvalue weighted by atomic mass is 10.1. The molecule has 0 aromatic rings. The van der Waals surface area contributed by atoms with Crippen molar-refractivity contribution < 1.29 is 39.0 Å². The van der Waals surface area contributed by atoms with E-state index in [2.05, 4.69) is 10.6 Å².